The third-order valence-corrected chi connectivity index (χ3v) is 33.1. The fourth-order valence-corrected chi connectivity index (χ4v) is 27.0. The zero-order chi connectivity index (χ0) is 76.0. The molecule has 0 aromatic heterocycles. The molecule has 0 N–H and O–H groups in total. The Morgan fingerprint density at radius 1 is 0.259 bits per heavy atom. The zero-order valence-corrected chi connectivity index (χ0v) is 66.2. The molecule has 0 fully saturated rings. The average molecular weight is 1520 g/mol. The second kappa shape index (κ2) is 44.0. The molecule has 108 heavy (non-hydrogen) atoms. The number of rotatable bonds is 52. The van der Waals surface area contributed by atoms with Crippen LogP contribution in [0.2, 0.25) is 0 Å². The molecule has 9 rings (SSSR count). The van der Waals surface area contributed by atoms with E-state index in [1.807, 2.05) is 231 Å². The predicted octanol–water partition coefficient (Wildman–Crippen LogP) is 26.7. The van der Waals surface area contributed by atoms with Crippen molar-refractivity contribution >= 4 is 52.8 Å². The summed E-state index contributed by atoms with van der Waals surface area (Å²) in [5.74, 6) is 0.613. The summed E-state index contributed by atoms with van der Waals surface area (Å²) in [5, 5.41) is 4.15. The van der Waals surface area contributed by atoms with E-state index in [1.165, 1.54) is 167 Å². The van der Waals surface area contributed by atoms with Crippen molar-refractivity contribution in [1.82, 2.24) is 0 Å². The molecule has 0 heterocycles. The van der Waals surface area contributed by atoms with E-state index >= 15 is 26.3 Å². The first-order valence-electron chi connectivity index (χ1n) is 40.8. The molecule has 14 heteroatoms. The molecule has 0 spiro atoms. The molecule has 0 saturated carbocycles. The Kier molecular flexibility index (Phi) is 34.6. The fourth-order valence-electron chi connectivity index (χ4n) is 15.6. The van der Waals surface area contributed by atoms with Gasteiger partial charge >= 0.3 is 492 Å². The maximum atomic E-state index is 15.4. The van der Waals surface area contributed by atoms with Crippen LogP contribution in [0, 0.1) is 0 Å². The number of hydrogen-bond donors (Lipinski definition) is 0. The molecule has 0 bridgehead atoms. The fraction of sp³-hybridized carbons (Fsp3) is 0.426. The van der Waals surface area contributed by atoms with Crippen LogP contribution < -0.4 is 46.0 Å². The summed E-state index contributed by atoms with van der Waals surface area (Å²) in [6.45, 7) is -4.34. The van der Waals surface area contributed by atoms with Crippen LogP contribution in [0.4, 0.5) is 26.3 Å². The molecule has 0 aliphatic rings. The van der Waals surface area contributed by atoms with Crippen molar-refractivity contribution in [3.8, 4) is 17.2 Å². The number of alkyl halides is 6. The minimum absolute atomic E-state index is 0.113. The number of ether oxygens (including phenoxy) is 2. The third-order valence-electron chi connectivity index (χ3n) is 21.6. The van der Waals surface area contributed by atoms with Crippen LogP contribution in [0.15, 0.2) is 249 Å². The van der Waals surface area contributed by atoms with Gasteiger partial charge in [0.2, 0.25) is 0 Å². The van der Waals surface area contributed by atoms with Gasteiger partial charge in [0.05, 0.1) is 0 Å². The molecule has 0 aliphatic carbocycles. The van der Waals surface area contributed by atoms with Crippen LogP contribution in [-0.4, -0.2) is 20.5 Å². The van der Waals surface area contributed by atoms with Gasteiger partial charge in [0.15, 0.2) is 0 Å². The molecule has 9 aromatic rings. The monoisotopic (exact) mass is 1510 g/mol. The van der Waals surface area contributed by atoms with Crippen LogP contribution in [-0.2, 0) is 33.6 Å². The van der Waals surface area contributed by atoms with Gasteiger partial charge in [0.1, 0.15) is 0 Å². The van der Waals surface area contributed by atoms with Gasteiger partial charge in [-0.3, -0.25) is 0 Å². The topological polar surface area (TPSA) is 46.2 Å². The Morgan fingerprint density at radius 2 is 0.481 bits per heavy atom. The first-order chi connectivity index (χ1) is 52.7. The summed E-state index contributed by atoms with van der Waals surface area (Å²) >= 11 is 0. The molecular weight excluding hydrogens is 1400 g/mol. The molecule has 9 aromatic carbocycles. The summed E-state index contributed by atoms with van der Waals surface area (Å²) in [4.78, 5) is 0. The van der Waals surface area contributed by atoms with Crippen molar-refractivity contribution < 1.29 is 49.4 Å². The average Bonchev–Trinajstić information content (AvgIpc) is 0.682. The molecule has 0 amide bonds. The van der Waals surface area contributed by atoms with E-state index in [0.717, 1.165) is 49.7 Å². The quantitative estimate of drug-likeness (QED) is 0.0165. The Labute approximate surface area is 643 Å². The summed E-state index contributed by atoms with van der Waals surface area (Å²) in [6.07, 6.45) is 30.6. The van der Waals surface area contributed by atoms with Gasteiger partial charge in [0.25, 0.3) is 0 Å². The Bertz CT molecular complexity index is 3460. The van der Waals surface area contributed by atoms with Gasteiger partial charge in [-0.2, -0.15) is 0 Å². The van der Waals surface area contributed by atoms with E-state index in [0.29, 0.717) is 68.7 Å². The first-order valence-corrected chi connectivity index (χ1v) is 45.5. The third kappa shape index (κ3) is 23.9. The van der Waals surface area contributed by atoms with Crippen molar-refractivity contribution in [2.45, 2.75) is 244 Å². The van der Waals surface area contributed by atoms with E-state index in [9.17, 15) is 0 Å². The molecule has 0 radical (unpaired) electrons. The predicted molar refractivity (Wildman–Crippen MR) is 446 cm³/mol. The second-order valence-electron chi connectivity index (χ2n) is 29.7. The van der Waals surface area contributed by atoms with Gasteiger partial charge in [-0.15, -0.1) is 0 Å². The van der Waals surface area contributed by atoms with E-state index in [-0.39, 0.29) is 18.4 Å². The van der Waals surface area contributed by atoms with Crippen molar-refractivity contribution in [2.75, 3.05) is 13.2 Å². The molecule has 0 atom stereocenters. The number of halogens is 6. The van der Waals surface area contributed by atoms with Crippen molar-refractivity contribution in [3.05, 3.63) is 271 Å². The number of unbranched alkanes of at least 4 members (excludes halogenated alkanes) is 30. The van der Waals surface area contributed by atoms with Gasteiger partial charge < -0.3 is 0 Å². The van der Waals surface area contributed by atoms with Crippen molar-refractivity contribution in [2.24, 2.45) is 0 Å². The SMILES string of the molecule is CCCCCCCCCCCCCCCCCCOc1ccc(CP(OB(Oc2cc(C(F)(F)F)cc(C(F)(F)F)c2)OP(Cc2ccc(OCCCCCCCCCCCCCCCCCC)cc2)(c2ccccc2)(c2ccccc2)c2ccccc2)(c2ccccc2)(c2ccccc2)c2ccccc2)cc1. The summed E-state index contributed by atoms with van der Waals surface area (Å²) in [7, 11) is -2.13. The molecule has 0 saturated heterocycles. The Morgan fingerprint density at radius 3 is 0.704 bits per heavy atom. The van der Waals surface area contributed by atoms with Crippen LogP contribution in [0.25, 0.3) is 0 Å². The maximum absolute atomic E-state index is 15.4. The van der Waals surface area contributed by atoms with Crippen LogP contribution in [0.1, 0.15) is 242 Å². The summed E-state index contributed by atoms with van der Waals surface area (Å²) in [5.41, 5.74) is -1.50. The molecular formula is C94H119BF6O5P2. The summed E-state index contributed by atoms with van der Waals surface area (Å²) in [6, 6.07) is 75.7. The van der Waals surface area contributed by atoms with E-state index in [4.69, 9.17) is 23.0 Å². The standard InChI is InChI=1S/C94H119BF6O5P2/c1-3-5-7-9-11-13-15-17-19-21-23-25-27-29-31-51-73-102-84-69-65-80(66-70-84)78-107(87-53-39-33-40-54-87,88-55-41-34-42-56-88,89-57-43-35-44-58-89)105-95(104-86-76-82(93(96,97)98)75-83(77-86)94(99,100)101)106-108(90-59-45-36-46-60-90,91-61-47-37-48-62-91,92-63-49-38-50-64-92)79-81-67-71-85(72-68-81)103-74-52-32-30-28-26-24-22-20-18-16-14-12-10-8-6-4-2/h33-50,53-72,75-77H,3-32,51-52,73-74,78-79H2,1-2H3. The van der Waals surface area contributed by atoms with Crippen LogP contribution in [0.3, 0.4) is 0 Å². The molecule has 0 unspecified atom stereocenters. The van der Waals surface area contributed by atoms with E-state index in [2.05, 4.69) is 13.8 Å². The van der Waals surface area contributed by atoms with Gasteiger partial charge in [-0.1, -0.05) is 155 Å². The van der Waals surface area contributed by atoms with Crippen molar-refractivity contribution in [1.29, 1.82) is 0 Å². The van der Waals surface area contributed by atoms with E-state index < -0.39 is 50.2 Å². The Balaban J connectivity index is 1.08. The van der Waals surface area contributed by atoms with Crippen LogP contribution in [0.5, 0.6) is 17.2 Å². The van der Waals surface area contributed by atoms with Gasteiger partial charge in [-0.25, -0.2) is 0 Å². The van der Waals surface area contributed by atoms with Crippen LogP contribution >= 0.6 is 13.7 Å². The van der Waals surface area contributed by atoms with Gasteiger partial charge in [0, 0.05) is 0 Å². The number of benzene rings is 9. The molecule has 5 nitrogen and oxygen atoms in total. The van der Waals surface area contributed by atoms with Gasteiger partial charge in [-0.05, 0) is 0 Å². The van der Waals surface area contributed by atoms with E-state index in [1.54, 1.807) is 0 Å². The zero-order valence-electron chi connectivity index (χ0n) is 64.4. The molecule has 0 aliphatic heterocycles. The first kappa shape index (κ1) is 84.8. The number of hydrogen-bond acceptors (Lipinski definition) is 5. The normalized spacial score (nSPS) is 12.8. The van der Waals surface area contributed by atoms with Crippen molar-refractivity contribution in [3.63, 3.8) is 0 Å². The minimum atomic E-state index is -5.23. The molecule has 580 valence electrons. The Hall–Kier alpha value is -7.20. The summed E-state index contributed by atoms with van der Waals surface area (Å²) < 4.78 is 129. The second-order valence-corrected chi connectivity index (χ2v) is 38.7.